The molecule has 0 radical (unpaired) electrons. The van der Waals surface area contributed by atoms with Crippen LogP contribution in [-0.4, -0.2) is 28.0 Å². The predicted molar refractivity (Wildman–Crippen MR) is 140 cm³/mol. The van der Waals surface area contributed by atoms with E-state index in [9.17, 15) is 14.9 Å². The monoisotopic (exact) mass is 514 g/mol. The number of fused-ring (bicyclic) bond motifs is 1. The molecule has 3 aromatic carbocycles. The number of hydrogen-bond acceptors (Lipinski definition) is 8. The van der Waals surface area contributed by atoms with Gasteiger partial charge in [0.25, 0.3) is 11.6 Å². The minimum absolute atomic E-state index is 0.0414. The summed E-state index contributed by atoms with van der Waals surface area (Å²) in [5.74, 6) is 0.707. The Hall–Kier alpha value is -5.03. The number of ether oxygens (including phenoxy) is 1. The van der Waals surface area contributed by atoms with Crippen molar-refractivity contribution in [1.29, 1.82) is 0 Å². The molecule has 0 saturated carbocycles. The van der Waals surface area contributed by atoms with Crippen molar-refractivity contribution < 1.29 is 23.3 Å². The van der Waals surface area contributed by atoms with Crippen LogP contribution in [0, 0.1) is 10.1 Å². The Balaban J connectivity index is 1.23. The predicted octanol–water partition coefficient (Wildman–Crippen LogP) is 5.80. The molecule has 0 fully saturated rings. The van der Waals surface area contributed by atoms with Gasteiger partial charge in [-0.1, -0.05) is 12.1 Å². The van der Waals surface area contributed by atoms with Crippen molar-refractivity contribution in [3.05, 3.63) is 94.7 Å². The van der Waals surface area contributed by atoms with Crippen LogP contribution in [0.5, 0.6) is 5.75 Å². The van der Waals surface area contributed by atoms with Gasteiger partial charge in [0.1, 0.15) is 17.0 Å². The highest BCUT2D eigenvalue weighted by atomic mass is 32.1. The molecule has 0 unspecified atom stereocenters. The average Bonchev–Trinajstić information content (AvgIpc) is 3.56. The third kappa shape index (κ3) is 5.02. The first-order chi connectivity index (χ1) is 17.9. The first kappa shape index (κ1) is 23.7. The second kappa shape index (κ2) is 9.91. The summed E-state index contributed by atoms with van der Waals surface area (Å²) in [4.78, 5) is 27.8. The summed E-state index contributed by atoms with van der Waals surface area (Å²) in [7, 11) is 1.59. The first-order valence-electron chi connectivity index (χ1n) is 10.9. The van der Waals surface area contributed by atoms with Crippen LogP contribution in [0.25, 0.3) is 33.9 Å². The van der Waals surface area contributed by atoms with E-state index in [-0.39, 0.29) is 27.9 Å². The van der Waals surface area contributed by atoms with E-state index in [4.69, 9.17) is 25.8 Å². The lowest BCUT2D eigenvalue weighted by atomic mass is 10.1. The number of nitrogens with one attached hydrogen (secondary N) is 2. The van der Waals surface area contributed by atoms with Gasteiger partial charge in [-0.05, 0) is 66.8 Å². The zero-order valence-corrected chi connectivity index (χ0v) is 20.1. The number of carbonyl (C=O) groups excluding carboxylic acids is 1. The fraction of sp³-hybridized carbons (Fsp3) is 0.0385. The van der Waals surface area contributed by atoms with Crippen LogP contribution in [0.4, 0.5) is 11.4 Å². The van der Waals surface area contributed by atoms with Crippen LogP contribution < -0.4 is 15.4 Å². The quantitative estimate of drug-likeness (QED) is 0.164. The molecule has 1 amide bonds. The summed E-state index contributed by atoms with van der Waals surface area (Å²) in [6.07, 6.45) is 0. The Labute approximate surface area is 215 Å². The topological polar surface area (TPSA) is 133 Å². The van der Waals surface area contributed by atoms with Crippen molar-refractivity contribution in [2.75, 3.05) is 12.4 Å². The lowest BCUT2D eigenvalue weighted by molar-refractivity contribution is -0.384. The number of hydrogen-bond donors (Lipinski definition) is 2. The molecule has 0 atom stereocenters. The number of nitrogens with zero attached hydrogens (tertiary/aromatic N) is 2. The van der Waals surface area contributed by atoms with Crippen LogP contribution in [0.1, 0.15) is 10.6 Å². The van der Waals surface area contributed by atoms with Crippen LogP contribution >= 0.6 is 12.2 Å². The number of methoxy groups -OCH3 is 1. The largest absolute Gasteiger partial charge is 0.497 e. The molecule has 184 valence electrons. The molecule has 0 spiro atoms. The maximum Gasteiger partial charge on any atom is 0.293 e. The van der Waals surface area contributed by atoms with E-state index < -0.39 is 10.8 Å². The first-order valence-corrected chi connectivity index (χ1v) is 11.3. The van der Waals surface area contributed by atoms with Crippen LogP contribution in [-0.2, 0) is 0 Å². The van der Waals surface area contributed by atoms with Gasteiger partial charge in [-0.2, -0.15) is 0 Å². The van der Waals surface area contributed by atoms with E-state index in [2.05, 4.69) is 15.6 Å². The molecule has 37 heavy (non-hydrogen) atoms. The lowest BCUT2D eigenvalue weighted by Gasteiger charge is -2.09. The molecule has 11 heteroatoms. The molecule has 5 rings (SSSR count). The van der Waals surface area contributed by atoms with Crippen molar-refractivity contribution in [2.45, 2.75) is 0 Å². The fourth-order valence-electron chi connectivity index (χ4n) is 3.63. The molecule has 2 N–H and O–H groups in total. The standard InChI is InChI=1S/C26H18N4O6S/c1-34-17-10-11-22-19(14-17)28-25(36-22)15-6-8-16(9-7-15)27-26(37)29-24(31)23-13-12-21(35-23)18-4-2-3-5-20(18)30(32)33/h2-14H,1H3,(H2,27,29,31,37). The molecular weight excluding hydrogens is 496 g/mol. The number of benzene rings is 3. The minimum atomic E-state index is -0.596. The van der Waals surface area contributed by atoms with Crippen molar-refractivity contribution in [3.63, 3.8) is 0 Å². The van der Waals surface area contributed by atoms with Gasteiger partial charge in [-0.25, -0.2) is 4.98 Å². The maximum absolute atomic E-state index is 12.6. The zero-order chi connectivity index (χ0) is 25.9. The third-order valence-corrected chi connectivity index (χ3v) is 5.61. The van der Waals surface area contributed by atoms with Gasteiger partial charge in [-0.3, -0.25) is 20.2 Å². The number of aromatic nitrogens is 1. The molecule has 0 aliphatic rings. The third-order valence-electron chi connectivity index (χ3n) is 5.41. The molecule has 0 aliphatic carbocycles. The summed E-state index contributed by atoms with van der Waals surface area (Å²) in [5, 5.41) is 16.8. The summed E-state index contributed by atoms with van der Waals surface area (Å²) in [6.45, 7) is 0. The summed E-state index contributed by atoms with van der Waals surface area (Å²) in [5.41, 5.74) is 2.86. The van der Waals surface area contributed by atoms with Gasteiger partial charge in [0.05, 0.1) is 17.6 Å². The van der Waals surface area contributed by atoms with E-state index in [1.165, 1.54) is 18.2 Å². The Morgan fingerprint density at radius 2 is 1.81 bits per heavy atom. The van der Waals surface area contributed by atoms with Gasteiger partial charge in [-0.15, -0.1) is 0 Å². The molecule has 0 aliphatic heterocycles. The molecule has 2 heterocycles. The van der Waals surface area contributed by atoms with Crippen LogP contribution in [0.15, 0.2) is 87.7 Å². The number of thiocarbonyl (C=S) groups is 1. The Morgan fingerprint density at radius 3 is 2.57 bits per heavy atom. The second-order valence-corrected chi connectivity index (χ2v) is 8.18. The van der Waals surface area contributed by atoms with Crippen molar-refractivity contribution in [3.8, 4) is 28.5 Å². The fourth-order valence-corrected chi connectivity index (χ4v) is 3.84. The Morgan fingerprint density at radius 1 is 1.03 bits per heavy atom. The van der Waals surface area contributed by atoms with Crippen molar-refractivity contribution in [1.82, 2.24) is 10.3 Å². The SMILES string of the molecule is COc1ccc2oc(-c3ccc(NC(=S)NC(=O)c4ccc(-c5ccccc5[N+](=O)[O-])o4)cc3)nc2c1. The summed E-state index contributed by atoms with van der Waals surface area (Å²) in [6, 6.07) is 21.6. The van der Waals surface area contributed by atoms with Crippen LogP contribution in [0.3, 0.4) is 0 Å². The number of nitro benzene ring substituents is 1. The Bertz CT molecular complexity index is 1640. The molecule has 0 bridgehead atoms. The van der Waals surface area contributed by atoms with E-state index in [1.807, 2.05) is 0 Å². The van der Waals surface area contributed by atoms with Gasteiger partial charge in [0, 0.05) is 23.4 Å². The number of para-hydroxylation sites is 1. The van der Waals surface area contributed by atoms with Gasteiger partial charge in [0.15, 0.2) is 16.5 Å². The highest BCUT2D eigenvalue weighted by Crippen LogP contribution is 2.31. The molecule has 0 saturated heterocycles. The number of carbonyl (C=O) groups is 1. The van der Waals surface area contributed by atoms with Gasteiger partial charge >= 0.3 is 0 Å². The highest BCUT2D eigenvalue weighted by molar-refractivity contribution is 7.80. The van der Waals surface area contributed by atoms with Gasteiger partial charge in [0.2, 0.25) is 5.89 Å². The number of furan rings is 1. The van der Waals surface area contributed by atoms with Crippen molar-refractivity contribution >= 4 is 45.7 Å². The number of oxazole rings is 1. The van der Waals surface area contributed by atoms with Crippen molar-refractivity contribution in [2.24, 2.45) is 0 Å². The molecular formula is C26H18N4O6S. The second-order valence-electron chi connectivity index (χ2n) is 7.78. The Kier molecular flexibility index (Phi) is 6.35. The summed E-state index contributed by atoms with van der Waals surface area (Å²) >= 11 is 5.24. The molecule has 5 aromatic rings. The number of rotatable bonds is 6. The lowest BCUT2D eigenvalue weighted by Crippen LogP contribution is -2.33. The minimum Gasteiger partial charge on any atom is -0.497 e. The van der Waals surface area contributed by atoms with E-state index in [1.54, 1.807) is 67.8 Å². The number of nitro groups is 1. The summed E-state index contributed by atoms with van der Waals surface area (Å²) < 4.78 is 16.6. The van der Waals surface area contributed by atoms with Crippen LogP contribution in [0.2, 0.25) is 0 Å². The normalized spacial score (nSPS) is 10.7. The van der Waals surface area contributed by atoms with E-state index in [0.717, 1.165) is 5.56 Å². The molecule has 2 aromatic heterocycles. The highest BCUT2D eigenvalue weighted by Gasteiger charge is 2.20. The molecule has 10 nitrogen and oxygen atoms in total. The number of anilines is 1. The number of amides is 1. The average molecular weight is 515 g/mol. The maximum atomic E-state index is 12.6. The van der Waals surface area contributed by atoms with E-state index in [0.29, 0.717) is 28.4 Å². The van der Waals surface area contributed by atoms with Gasteiger partial charge < -0.3 is 18.9 Å². The zero-order valence-electron chi connectivity index (χ0n) is 19.3. The smallest absolute Gasteiger partial charge is 0.293 e. The van der Waals surface area contributed by atoms with E-state index >= 15 is 0 Å².